The molecule has 2 aromatic rings. The zero-order valence-electron chi connectivity index (χ0n) is 14.4. The standard InChI is InChI=1S/C20H24ClNO2/c1-14(2)11-19(16-7-5-4-6-8-16)22-20(23)13-24-17-9-10-18(21)15(3)12-17/h4-10,12,14,19H,11,13H2,1-3H3,(H,22,23)/t19-/m0/s1. The lowest BCUT2D eigenvalue weighted by Crippen LogP contribution is -2.33. The Kier molecular flexibility index (Phi) is 6.68. The highest BCUT2D eigenvalue weighted by Crippen LogP contribution is 2.22. The molecular weight excluding hydrogens is 322 g/mol. The van der Waals surface area contributed by atoms with Gasteiger partial charge < -0.3 is 10.1 Å². The number of ether oxygens (including phenoxy) is 1. The van der Waals surface area contributed by atoms with Crippen LogP contribution in [0.5, 0.6) is 5.75 Å². The first-order chi connectivity index (χ1) is 11.5. The van der Waals surface area contributed by atoms with Crippen LogP contribution in [0, 0.1) is 12.8 Å². The zero-order valence-corrected chi connectivity index (χ0v) is 15.1. The molecule has 0 aliphatic rings. The summed E-state index contributed by atoms with van der Waals surface area (Å²) in [4.78, 5) is 12.3. The summed E-state index contributed by atoms with van der Waals surface area (Å²) in [6, 6.07) is 15.4. The second-order valence-corrected chi connectivity index (χ2v) is 6.77. The highest BCUT2D eigenvalue weighted by atomic mass is 35.5. The van der Waals surface area contributed by atoms with Gasteiger partial charge in [0.25, 0.3) is 5.91 Å². The molecule has 0 aliphatic heterocycles. The molecule has 0 bridgehead atoms. The van der Waals surface area contributed by atoms with Gasteiger partial charge in [0.15, 0.2) is 6.61 Å². The molecule has 0 radical (unpaired) electrons. The van der Waals surface area contributed by atoms with Crippen LogP contribution in [0.3, 0.4) is 0 Å². The van der Waals surface area contributed by atoms with E-state index in [0.29, 0.717) is 16.7 Å². The molecule has 0 aliphatic carbocycles. The van der Waals surface area contributed by atoms with E-state index in [1.807, 2.05) is 43.3 Å². The maximum absolute atomic E-state index is 12.3. The lowest BCUT2D eigenvalue weighted by atomic mass is 9.97. The fraction of sp³-hybridized carbons (Fsp3) is 0.350. The molecular formula is C20H24ClNO2. The lowest BCUT2D eigenvalue weighted by Gasteiger charge is -2.21. The van der Waals surface area contributed by atoms with Gasteiger partial charge in [-0.2, -0.15) is 0 Å². The topological polar surface area (TPSA) is 38.3 Å². The SMILES string of the molecule is Cc1cc(OCC(=O)N[C@@H](CC(C)C)c2ccccc2)ccc1Cl. The molecule has 1 atom stereocenters. The van der Waals surface area contributed by atoms with Gasteiger partial charge in [0.05, 0.1) is 6.04 Å². The molecule has 0 saturated carbocycles. The van der Waals surface area contributed by atoms with Crippen LogP contribution >= 0.6 is 11.6 Å². The Labute approximate surface area is 149 Å². The van der Waals surface area contributed by atoms with Crippen LogP contribution in [0.25, 0.3) is 0 Å². The molecule has 1 N–H and O–H groups in total. The minimum atomic E-state index is -0.128. The maximum Gasteiger partial charge on any atom is 0.258 e. The predicted molar refractivity (Wildman–Crippen MR) is 98.5 cm³/mol. The number of hydrogen-bond donors (Lipinski definition) is 1. The van der Waals surface area contributed by atoms with Crippen molar-refractivity contribution in [2.45, 2.75) is 33.2 Å². The molecule has 1 amide bonds. The van der Waals surface area contributed by atoms with Gasteiger partial charge in [-0.1, -0.05) is 55.8 Å². The van der Waals surface area contributed by atoms with E-state index in [2.05, 4.69) is 19.2 Å². The second kappa shape index (κ2) is 8.74. The van der Waals surface area contributed by atoms with E-state index < -0.39 is 0 Å². The van der Waals surface area contributed by atoms with Crippen molar-refractivity contribution in [3.63, 3.8) is 0 Å². The minimum Gasteiger partial charge on any atom is -0.484 e. The van der Waals surface area contributed by atoms with Gasteiger partial charge >= 0.3 is 0 Å². The van der Waals surface area contributed by atoms with E-state index in [1.165, 1.54) is 0 Å². The van der Waals surface area contributed by atoms with Gasteiger partial charge in [0.2, 0.25) is 0 Å². The normalized spacial score (nSPS) is 12.0. The molecule has 0 fully saturated rings. The number of amides is 1. The van der Waals surface area contributed by atoms with Crippen molar-refractivity contribution in [2.24, 2.45) is 5.92 Å². The van der Waals surface area contributed by atoms with E-state index in [4.69, 9.17) is 16.3 Å². The fourth-order valence-corrected chi connectivity index (χ4v) is 2.64. The first-order valence-corrected chi connectivity index (χ1v) is 8.56. The third-order valence-electron chi connectivity index (χ3n) is 3.74. The summed E-state index contributed by atoms with van der Waals surface area (Å²) >= 11 is 5.99. The average molecular weight is 346 g/mol. The molecule has 128 valence electrons. The van der Waals surface area contributed by atoms with Crippen molar-refractivity contribution in [3.05, 3.63) is 64.7 Å². The average Bonchev–Trinajstić information content (AvgIpc) is 2.56. The summed E-state index contributed by atoms with van der Waals surface area (Å²) in [5, 5.41) is 3.76. The molecule has 2 rings (SSSR count). The number of carbonyl (C=O) groups is 1. The number of halogens is 1. The molecule has 24 heavy (non-hydrogen) atoms. The summed E-state index contributed by atoms with van der Waals surface area (Å²) in [6.07, 6.45) is 0.885. The Morgan fingerprint density at radius 2 is 1.88 bits per heavy atom. The largest absolute Gasteiger partial charge is 0.484 e. The summed E-state index contributed by atoms with van der Waals surface area (Å²) in [5.41, 5.74) is 2.04. The zero-order chi connectivity index (χ0) is 17.5. The third-order valence-corrected chi connectivity index (χ3v) is 4.17. The number of nitrogens with one attached hydrogen (secondary N) is 1. The molecule has 3 nitrogen and oxygen atoms in total. The van der Waals surface area contributed by atoms with E-state index in [0.717, 1.165) is 17.5 Å². The van der Waals surface area contributed by atoms with Crippen LogP contribution in [-0.4, -0.2) is 12.5 Å². The van der Waals surface area contributed by atoms with E-state index >= 15 is 0 Å². The van der Waals surface area contributed by atoms with Crippen molar-refractivity contribution in [2.75, 3.05) is 6.61 Å². The quantitative estimate of drug-likeness (QED) is 0.772. The Morgan fingerprint density at radius 3 is 2.50 bits per heavy atom. The van der Waals surface area contributed by atoms with Crippen molar-refractivity contribution >= 4 is 17.5 Å². The Balaban J connectivity index is 1.96. The van der Waals surface area contributed by atoms with Gasteiger partial charge in [-0.05, 0) is 48.6 Å². The van der Waals surface area contributed by atoms with Crippen LogP contribution < -0.4 is 10.1 Å². The summed E-state index contributed by atoms with van der Waals surface area (Å²) < 4.78 is 5.57. The van der Waals surface area contributed by atoms with Crippen molar-refractivity contribution < 1.29 is 9.53 Å². The summed E-state index contributed by atoms with van der Waals surface area (Å²) in [6.45, 7) is 6.19. The van der Waals surface area contributed by atoms with E-state index in [9.17, 15) is 4.79 Å². The van der Waals surface area contributed by atoms with Crippen molar-refractivity contribution in [3.8, 4) is 5.75 Å². The summed E-state index contributed by atoms with van der Waals surface area (Å²) in [5.74, 6) is 1.000. The predicted octanol–water partition coefficient (Wildman–Crippen LogP) is 4.93. The van der Waals surface area contributed by atoms with Crippen LogP contribution in [0.1, 0.15) is 37.4 Å². The highest BCUT2D eigenvalue weighted by Gasteiger charge is 2.16. The van der Waals surface area contributed by atoms with E-state index in [-0.39, 0.29) is 18.6 Å². The van der Waals surface area contributed by atoms with Gasteiger partial charge in [0.1, 0.15) is 5.75 Å². The van der Waals surface area contributed by atoms with Crippen molar-refractivity contribution in [1.82, 2.24) is 5.32 Å². The Morgan fingerprint density at radius 1 is 1.17 bits per heavy atom. The highest BCUT2D eigenvalue weighted by molar-refractivity contribution is 6.31. The number of carbonyl (C=O) groups excluding carboxylic acids is 1. The van der Waals surface area contributed by atoms with Crippen LogP contribution in [0.15, 0.2) is 48.5 Å². The first kappa shape index (κ1) is 18.3. The van der Waals surface area contributed by atoms with E-state index in [1.54, 1.807) is 12.1 Å². The molecule has 4 heteroatoms. The van der Waals surface area contributed by atoms with Gasteiger partial charge in [-0.15, -0.1) is 0 Å². The third kappa shape index (κ3) is 5.57. The second-order valence-electron chi connectivity index (χ2n) is 6.36. The fourth-order valence-electron chi connectivity index (χ4n) is 2.53. The first-order valence-electron chi connectivity index (χ1n) is 8.19. The molecule has 0 unspecified atom stereocenters. The monoisotopic (exact) mass is 345 g/mol. The van der Waals surface area contributed by atoms with Gasteiger partial charge in [0, 0.05) is 5.02 Å². The number of hydrogen-bond acceptors (Lipinski definition) is 2. The molecule has 0 saturated heterocycles. The van der Waals surface area contributed by atoms with Gasteiger partial charge in [-0.3, -0.25) is 4.79 Å². The number of rotatable bonds is 7. The molecule has 0 heterocycles. The Hall–Kier alpha value is -2.00. The molecule has 0 aromatic heterocycles. The van der Waals surface area contributed by atoms with Crippen molar-refractivity contribution in [1.29, 1.82) is 0 Å². The summed E-state index contributed by atoms with van der Waals surface area (Å²) in [7, 11) is 0. The minimum absolute atomic E-state index is 0.00532. The maximum atomic E-state index is 12.3. The molecule has 2 aromatic carbocycles. The Bertz CT molecular complexity index is 671. The van der Waals surface area contributed by atoms with Crippen LogP contribution in [-0.2, 0) is 4.79 Å². The number of aryl methyl sites for hydroxylation is 1. The smallest absolute Gasteiger partial charge is 0.258 e. The molecule has 0 spiro atoms. The van der Waals surface area contributed by atoms with Crippen LogP contribution in [0.2, 0.25) is 5.02 Å². The lowest BCUT2D eigenvalue weighted by molar-refractivity contribution is -0.124. The van der Waals surface area contributed by atoms with Gasteiger partial charge in [-0.25, -0.2) is 0 Å². The van der Waals surface area contributed by atoms with Crippen LogP contribution in [0.4, 0.5) is 0 Å². The number of benzene rings is 2.